The number of anilines is 1. The number of H-pyrrole nitrogens is 1. The number of hydrogen-bond donors (Lipinski definition) is 1. The molecule has 0 saturated carbocycles. The van der Waals surface area contributed by atoms with E-state index in [4.69, 9.17) is 11.6 Å². The highest BCUT2D eigenvalue weighted by atomic mass is 35.5. The van der Waals surface area contributed by atoms with E-state index in [2.05, 4.69) is 19.8 Å². The van der Waals surface area contributed by atoms with Crippen LogP contribution in [0.5, 0.6) is 0 Å². The predicted octanol–water partition coefficient (Wildman–Crippen LogP) is 2.94. The number of hydrogen-bond acceptors (Lipinski definition) is 5. The van der Waals surface area contributed by atoms with Gasteiger partial charge in [0, 0.05) is 32.4 Å². The second kappa shape index (κ2) is 7.14. The summed E-state index contributed by atoms with van der Waals surface area (Å²) >= 11 is 6.35. The van der Waals surface area contributed by atoms with Crippen molar-refractivity contribution >= 4 is 38.2 Å². The van der Waals surface area contributed by atoms with Crippen LogP contribution in [0.25, 0.3) is 11.0 Å². The molecular weight excluding hydrogens is 384 g/mol. The fourth-order valence-electron chi connectivity index (χ4n) is 3.41. The molecule has 1 N–H and O–H groups in total. The van der Waals surface area contributed by atoms with Crippen LogP contribution in [-0.2, 0) is 16.4 Å². The number of imidazole rings is 1. The van der Waals surface area contributed by atoms with Gasteiger partial charge in [-0.15, -0.1) is 0 Å². The molecule has 27 heavy (non-hydrogen) atoms. The molecule has 0 spiro atoms. The van der Waals surface area contributed by atoms with Gasteiger partial charge in [-0.1, -0.05) is 23.7 Å². The lowest BCUT2D eigenvalue weighted by Crippen LogP contribution is -2.46. The number of aromatic amines is 1. The van der Waals surface area contributed by atoms with Gasteiger partial charge >= 0.3 is 0 Å². The number of aromatic nitrogens is 2. The van der Waals surface area contributed by atoms with Crippen LogP contribution in [0.15, 0.2) is 47.4 Å². The van der Waals surface area contributed by atoms with Gasteiger partial charge in [0.2, 0.25) is 0 Å². The van der Waals surface area contributed by atoms with Gasteiger partial charge in [-0.2, -0.15) is 0 Å². The quantitative estimate of drug-likeness (QED) is 0.724. The van der Waals surface area contributed by atoms with E-state index in [-0.39, 0.29) is 4.90 Å². The summed E-state index contributed by atoms with van der Waals surface area (Å²) in [5, 5.41) is 0.476. The van der Waals surface area contributed by atoms with Crippen molar-refractivity contribution in [2.75, 3.05) is 37.3 Å². The molecule has 1 saturated heterocycles. The highest BCUT2D eigenvalue weighted by molar-refractivity contribution is 7.90. The lowest BCUT2D eigenvalue weighted by atomic mass is 10.2. The van der Waals surface area contributed by atoms with Gasteiger partial charge in [-0.3, -0.25) is 4.90 Å². The second-order valence-corrected chi connectivity index (χ2v) is 9.27. The van der Waals surface area contributed by atoms with E-state index in [0.29, 0.717) is 5.02 Å². The van der Waals surface area contributed by atoms with E-state index < -0.39 is 9.84 Å². The van der Waals surface area contributed by atoms with E-state index in [1.165, 1.54) is 12.3 Å². The van der Waals surface area contributed by atoms with E-state index in [9.17, 15) is 8.42 Å². The molecule has 0 atom stereocenters. The van der Waals surface area contributed by atoms with Crippen LogP contribution in [0.3, 0.4) is 0 Å². The van der Waals surface area contributed by atoms with Crippen LogP contribution in [0.2, 0.25) is 5.02 Å². The Balaban J connectivity index is 1.41. The summed E-state index contributed by atoms with van der Waals surface area (Å²) in [6.07, 6.45) is 1.19. The molecular formula is C19H21ClN4O2S. The normalized spacial score (nSPS) is 16.1. The summed E-state index contributed by atoms with van der Waals surface area (Å²) in [5.41, 5.74) is 2.93. The van der Waals surface area contributed by atoms with Crippen LogP contribution in [-0.4, -0.2) is 55.7 Å². The molecule has 142 valence electrons. The standard InChI is InChI=1S/C19H21ClN4O2S/c1-27(25,26)14-6-7-18(15(20)12-14)24-10-8-23(9-11-24)13-19-21-16-4-2-3-5-17(16)22-19/h2-7,12H,8-11,13H2,1H3,(H,21,22). The maximum absolute atomic E-state index is 11.7. The molecule has 8 heteroatoms. The number of nitrogens with zero attached hydrogens (tertiary/aromatic N) is 3. The van der Waals surface area contributed by atoms with Crippen molar-refractivity contribution in [1.82, 2.24) is 14.9 Å². The maximum Gasteiger partial charge on any atom is 0.175 e. The molecule has 0 amide bonds. The number of benzene rings is 2. The molecule has 2 aromatic carbocycles. The first-order chi connectivity index (χ1) is 12.9. The Kier molecular flexibility index (Phi) is 4.84. The Morgan fingerprint density at radius 2 is 1.85 bits per heavy atom. The Morgan fingerprint density at radius 3 is 2.52 bits per heavy atom. The van der Waals surface area contributed by atoms with Crippen LogP contribution >= 0.6 is 11.6 Å². The zero-order valence-corrected chi connectivity index (χ0v) is 16.6. The molecule has 6 nitrogen and oxygen atoms in total. The third-order valence-electron chi connectivity index (χ3n) is 4.87. The molecule has 1 aliphatic heterocycles. The SMILES string of the molecule is CS(=O)(=O)c1ccc(N2CCN(Cc3nc4ccccc4[nH]3)CC2)c(Cl)c1. The molecule has 3 aromatic rings. The van der Waals surface area contributed by atoms with Gasteiger partial charge in [0.05, 0.1) is 33.2 Å². The first kappa shape index (κ1) is 18.3. The van der Waals surface area contributed by atoms with Crippen molar-refractivity contribution in [2.45, 2.75) is 11.4 Å². The second-order valence-electron chi connectivity index (χ2n) is 6.85. The number of para-hydroxylation sites is 2. The van der Waals surface area contributed by atoms with Crippen LogP contribution in [0.1, 0.15) is 5.82 Å². The summed E-state index contributed by atoms with van der Waals surface area (Å²) in [5.74, 6) is 0.972. The largest absolute Gasteiger partial charge is 0.368 e. The first-order valence-corrected chi connectivity index (χ1v) is 11.1. The predicted molar refractivity (Wildman–Crippen MR) is 108 cm³/mol. The number of piperazine rings is 1. The average molecular weight is 405 g/mol. The lowest BCUT2D eigenvalue weighted by Gasteiger charge is -2.36. The molecule has 1 aliphatic rings. The highest BCUT2D eigenvalue weighted by Gasteiger charge is 2.21. The fraction of sp³-hybridized carbons (Fsp3) is 0.316. The van der Waals surface area contributed by atoms with Crippen LogP contribution < -0.4 is 4.90 Å². The third kappa shape index (κ3) is 3.95. The van der Waals surface area contributed by atoms with Crippen molar-refractivity contribution in [1.29, 1.82) is 0 Å². The van der Waals surface area contributed by atoms with Gasteiger partial charge in [0.15, 0.2) is 9.84 Å². The lowest BCUT2D eigenvalue weighted by molar-refractivity contribution is 0.245. The Morgan fingerprint density at radius 1 is 1.11 bits per heavy atom. The molecule has 1 fully saturated rings. The van der Waals surface area contributed by atoms with Gasteiger partial charge in [0.25, 0.3) is 0 Å². The van der Waals surface area contributed by atoms with Gasteiger partial charge < -0.3 is 9.88 Å². The van der Waals surface area contributed by atoms with Gasteiger partial charge in [-0.25, -0.2) is 13.4 Å². The van der Waals surface area contributed by atoms with E-state index >= 15 is 0 Å². The highest BCUT2D eigenvalue weighted by Crippen LogP contribution is 2.29. The van der Waals surface area contributed by atoms with Gasteiger partial charge in [-0.05, 0) is 30.3 Å². The number of sulfone groups is 1. The minimum atomic E-state index is -3.25. The van der Waals surface area contributed by atoms with Gasteiger partial charge in [0.1, 0.15) is 5.82 Å². The van der Waals surface area contributed by atoms with Crippen molar-refractivity contribution in [2.24, 2.45) is 0 Å². The zero-order chi connectivity index (χ0) is 19.0. The third-order valence-corrected chi connectivity index (χ3v) is 6.29. The number of rotatable bonds is 4. The van der Waals surface area contributed by atoms with Crippen molar-refractivity contribution in [3.8, 4) is 0 Å². The number of nitrogens with one attached hydrogen (secondary N) is 1. The number of halogens is 1. The molecule has 0 bridgehead atoms. The maximum atomic E-state index is 11.7. The Hall–Kier alpha value is -2.09. The fourth-order valence-corrected chi connectivity index (χ4v) is 4.43. The van der Waals surface area contributed by atoms with Crippen LogP contribution in [0.4, 0.5) is 5.69 Å². The average Bonchev–Trinajstić information content (AvgIpc) is 3.04. The molecule has 0 aliphatic carbocycles. The summed E-state index contributed by atoms with van der Waals surface area (Å²) in [7, 11) is -3.25. The monoisotopic (exact) mass is 404 g/mol. The summed E-state index contributed by atoms with van der Waals surface area (Å²) in [6.45, 7) is 4.22. The Labute approximate surface area is 163 Å². The smallest absolute Gasteiger partial charge is 0.175 e. The minimum Gasteiger partial charge on any atom is -0.368 e. The van der Waals surface area contributed by atoms with E-state index in [0.717, 1.165) is 55.3 Å². The van der Waals surface area contributed by atoms with Crippen molar-refractivity contribution in [3.05, 3.63) is 53.3 Å². The van der Waals surface area contributed by atoms with Crippen molar-refractivity contribution < 1.29 is 8.42 Å². The molecule has 0 unspecified atom stereocenters. The van der Waals surface area contributed by atoms with Crippen molar-refractivity contribution in [3.63, 3.8) is 0 Å². The van der Waals surface area contributed by atoms with E-state index in [1.807, 2.05) is 24.3 Å². The first-order valence-electron chi connectivity index (χ1n) is 8.81. The summed E-state index contributed by atoms with van der Waals surface area (Å²) in [4.78, 5) is 12.8. The zero-order valence-electron chi connectivity index (χ0n) is 15.0. The molecule has 4 rings (SSSR count). The molecule has 0 radical (unpaired) electrons. The number of fused-ring (bicyclic) bond motifs is 1. The molecule has 1 aromatic heterocycles. The molecule has 2 heterocycles. The Bertz CT molecular complexity index is 1040. The summed E-state index contributed by atoms with van der Waals surface area (Å²) in [6, 6.07) is 13.0. The minimum absolute atomic E-state index is 0.250. The van der Waals surface area contributed by atoms with Crippen LogP contribution in [0, 0.1) is 0 Å². The topological polar surface area (TPSA) is 69.3 Å². The van der Waals surface area contributed by atoms with E-state index in [1.54, 1.807) is 12.1 Å². The summed E-state index contributed by atoms with van der Waals surface area (Å²) < 4.78 is 23.3.